The molecule has 0 saturated heterocycles. The number of thiocarbonyl (C=S) groups is 1. The highest BCUT2D eigenvalue weighted by Gasteiger charge is 2.39. The lowest BCUT2D eigenvalue weighted by atomic mass is 9.90. The average molecular weight is 401 g/mol. The molecule has 1 aromatic carbocycles. The van der Waals surface area contributed by atoms with Gasteiger partial charge in [0.15, 0.2) is 10.7 Å². The van der Waals surface area contributed by atoms with E-state index in [1.165, 1.54) is 19.1 Å². The number of rotatable bonds is 5. The first-order valence-electron chi connectivity index (χ1n) is 7.93. The minimum absolute atomic E-state index is 0.00166. The van der Waals surface area contributed by atoms with Crippen molar-refractivity contribution in [3.8, 4) is 0 Å². The number of carbonyl (C=O) groups excluding carboxylic acids is 1. The molecule has 0 aliphatic heterocycles. The predicted molar refractivity (Wildman–Crippen MR) is 101 cm³/mol. The Labute approximate surface area is 161 Å². The van der Waals surface area contributed by atoms with Crippen molar-refractivity contribution >= 4 is 23.3 Å². The molecule has 1 aromatic rings. The van der Waals surface area contributed by atoms with Crippen LogP contribution in [-0.4, -0.2) is 18.2 Å². The van der Waals surface area contributed by atoms with E-state index in [-0.39, 0.29) is 10.7 Å². The normalized spacial score (nSPS) is 14.9. The molecular formula is C18H22F3N3O2S. The monoisotopic (exact) mass is 401 g/mol. The molecule has 9 heteroatoms. The van der Waals surface area contributed by atoms with Crippen molar-refractivity contribution in [2.45, 2.75) is 32.5 Å². The Kier molecular flexibility index (Phi) is 7.41. The van der Waals surface area contributed by atoms with Crippen molar-refractivity contribution in [1.82, 2.24) is 10.6 Å². The maximum Gasteiger partial charge on any atom is 0.416 e. The molecule has 0 aromatic heterocycles. The van der Waals surface area contributed by atoms with Gasteiger partial charge >= 0.3 is 12.1 Å². The van der Waals surface area contributed by atoms with Crippen molar-refractivity contribution in [1.29, 1.82) is 0 Å². The summed E-state index contributed by atoms with van der Waals surface area (Å²) in [5.74, 6) is -0.799. The molecule has 1 atom stereocenters. The molecule has 0 spiro atoms. The zero-order valence-electron chi connectivity index (χ0n) is 15.4. The highest BCUT2D eigenvalue weighted by Crippen LogP contribution is 2.32. The lowest BCUT2D eigenvalue weighted by Gasteiger charge is -2.30. The van der Waals surface area contributed by atoms with Gasteiger partial charge in [-0.05, 0) is 50.7 Å². The molecule has 0 aliphatic rings. The Morgan fingerprint density at radius 2 is 1.81 bits per heavy atom. The fraction of sp³-hybridized carbons (Fsp3) is 0.333. The van der Waals surface area contributed by atoms with E-state index in [1.54, 1.807) is 26.0 Å². The third kappa shape index (κ3) is 5.46. The van der Waals surface area contributed by atoms with Crippen LogP contribution in [0.25, 0.3) is 0 Å². The number of allylic oxidation sites excluding steroid dienone is 2. The third-order valence-corrected chi connectivity index (χ3v) is 4.09. The number of nitrogens with one attached hydrogen (secondary N) is 2. The summed E-state index contributed by atoms with van der Waals surface area (Å²) in [5.41, 5.74) is 4.26. The van der Waals surface area contributed by atoms with Crippen molar-refractivity contribution in [2.75, 3.05) is 7.11 Å². The van der Waals surface area contributed by atoms with Gasteiger partial charge in [-0.15, -0.1) is 0 Å². The van der Waals surface area contributed by atoms with Gasteiger partial charge in [0.2, 0.25) is 0 Å². The number of esters is 1. The molecule has 0 amide bonds. The van der Waals surface area contributed by atoms with Crippen LogP contribution < -0.4 is 16.4 Å². The van der Waals surface area contributed by atoms with E-state index in [2.05, 4.69) is 10.6 Å². The van der Waals surface area contributed by atoms with Crippen LogP contribution in [0.4, 0.5) is 13.2 Å². The lowest BCUT2D eigenvalue weighted by Crippen LogP contribution is -2.53. The summed E-state index contributed by atoms with van der Waals surface area (Å²) in [6.07, 6.45) is -1.23. The maximum atomic E-state index is 13.0. The second-order valence-corrected chi connectivity index (χ2v) is 6.13. The van der Waals surface area contributed by atoms with Gasteiger partial charge in [0, 0.05) is 0 Å². The Bertz CT molecular complexity index is 775. The standard InChI is InChI=1S/C18H22F3N3O2S/c1-5-13(22)14(6-2)23-16(27)24-17(3,15(25)26-4)11-8-7-9-12(10-11)18(19,20)21/h5-10H,22H2,1-4H3,(H2,23,24,27)/b13-5+,14-6+. The number of hydrogen-bond acceptors (Lipinski definition) is 4. The van der Waals surface area contributed by atoms with Gasteiger partial charge in [-0.1, -0.05) is 24.3 Å². The zero-order chi connectivity index (χ0) is 20.8. The second-order valence-electron chi connectivity index (χ2n) is 5.72. The first-order chi connectivity index (χ1) is 12.5. The van der Waals surface area contributed by atoms with Gasteiger partial charge < -0.3 is 21.1 Å². The van der Waals surface area contributed by atoms with Crippen molar-refractivity contribution in [2.24, 2.45) is 5.73 Å². The molecular weight excluding hydrogens is 379 g/mol. The fourth-order valence-corrected chi connectivity index (χ4v) is 2.61. The van der Waals surface area contributed by atoms with E-state index in [4.69, 9.17) is 22.7 Å². The lowest BCUT2D eigenvalue weighted by molar-refractivity contribution is -0.148. The largest absolute Gasteiger partial charge is 0.467 e. The van der Waals surface area contributed by atoms with E-state index < -0.39 is 23.2 Å². The van der Waals surface area contributed by atoms with E-state index in [0.717, 1.165) is 19.2 Å². The molecule has 148 valence electrons. The van der Waals surface area contributed by atoms with Crippen LogP contribution in [0.5, 0.6) is 0 Å². The summed E-state index contributed by atoms with van der Waals surface area (Å²) in [5, 5.41) is 5.56. The van der Waals surface area contributed by atoms with Crippen molar-refractivity contribution < 1.29 is 22.7 Å². The van der Waals surface area contributed by atoms with E-state index in [0.29, 0.717) is 11.4 Å². The van der Waals surface area contributed by atoms with Crippen LogP contribution in [0.2, 0.25) is 0 Å². The molecule has 0 fully saturated rings. The summed E-state index contributed by atoms with van der Waals surface area (Å²) in [7, 11) is 1.14. The predicted octanol–water partition coefficient (Wildman–Crippen LogP) is 3.32. The summed E-state index contributed by atoms with van der Waals surface area (Å²) in [6, 6.07) is 4.40. The molecule has 5 nitrogen and oxygen atoms in total. The molecule has 1 rings (SSSR count). The zero-order valence-corrected chi connectivity index (χ0v) is 16.2. The van der Waals surface area contributed by atoms with Crippen LogP contribution in [0.3, 0.4) is 0 Å². The summed E-state index contributed by atoms with van der Waals surface area (Å²) >= 11 is 5.21. The van der Waals surface area contributed by atoms with Crippen LogP contribution >= 0.6 is 12.2 Å². The van der Waals surface area contributed by atoms with Crippen molar-refractivity contribution in [3.05, 3.63) is 58.9 Å². The maximum absolute atomic E-state index is 13.0. The quantitative estimate of drug-likeness (QED) is 0.399. The van der Waals surface area contributed by atoms with E-state index >= 15 is 0 Å². The molecule has 1 unspecified atom stereocenters. The summed E-state index contributed by atoms with van der Waals surface area (Å²) in [4.78, 5) is 12.4. The Hall–Kier alpha value is -2.55. The highest BCUT2D eigenvalue weighted by molar-refractivity contribution is 7.80. The smallest absolute Gasteiger partial charge is 0.416 e. The van der Waals surface area contributed by atoms with Crippen LogP contribution in [0.15, 0.2) is 47.8 Å². The molecule has 27 heavy (non-hydrogen) atoms. The van der Waals surface area contributed by atoms with Gasteiger partial charge in [0.05, 0.1) is 24.1 Å². The molecule has 4 N–H and O–H groups in total. The van der Waals surface area contributed by atoms with Gasteiger partial charge in [-0.25, -0.2) is 4.79 Å². The van der Waals surface area contributed by atoms with Gasteiger partial charge in [-0.3, -0.25) is 0 Å². The molecule has 0 aliphatic carbocycles. The summed E-state index contributed by atoms with van der Waals surface area (Å²) < 4.78 is 43.9. The molecule has 0 saturated carbocycles. The van der Waals surface area contributed by atoms with Crippen molar-refractivity contribution in [3.63, 3.8) is 0 Å². The minimum Gasteiger partial charge on any atom is -0.467 e. The summed E-state index contributed by atoms with van der Waals surface area (Å²) in [6.45, 7) is 4.85. The number of carbonyl (C=O) groups is 1. The highest BCUT2D eigenvalue weighted by atomic mass is 32.1. The number of ether oxygens (including phenoxy) is 1. The SMILES string of the molecule is C/C=C(N)\C(=C/C)NC(=S)NC(C)(C(=O)OC)c1cccc(C(F)(F)F)c1. The van der Waals surface area contributed by atoms with Gasteiger partial charge in [-0.2, -0.15) is 13.2 Å². The first kappa shape index (κ1) is 22.5. The number of nitrogens with two attached hydrogens (primary N) is 1. The number of methoxy groups -OCH3 is 1. The number of hydrogen-bond donors (Lipinski definition) is 3. The van der Waals surface area contributed by atoms with Gasteiger partial charge in [0.1, 0.15) is 0 Å². The number of benzene rings is 1. The average Bonchev–Trinajstić information content (AvgIpc) is 2.63. The van der Waals surface area contributed by atoms with Crippen LogP contribution in [0.1, 0.15) is 31.9 Å². The Morgan fingerprint density at radius 3 is 2.30 bits per heavy atom. The fourth-order valence-electron chi connectivity index (χ4n) is 2.30. The van der Waals surface area contributed by atoms with Crippen LogP contribution in [-0.2, 0) is 21.2 Å². The second kappa shape index (κ2) is 8.90. The van der Waals surface area contributed by atoms with E-state index in [1.807, 2.05) is 0 Å². The topological polar surface area (TPSA) is 76.4 Å². The van der Waals surface area contributed by atoms with Gasteiger partial charge in [0.25, 0.3) is 0 Å². The Balaban J connectivity index is 3.26. The Morgan fingerprint density at radius 1 is 1.22 bits per heavy atom. The number of halogens is 3. The minimum atomic E-state index is -4.55. The molecule has 0 heterocycles. The first-order valence-corrected chi connectivity index (χ1v) is 8.34. The molecule has 0 bridgehead atoms. The number of alkyl halides is 3. The van der Waals surface area contributed by atoms with E-state index in [9.17, 15) is 18.0 Å². The van der Waals surface area contributed by atoms with Crippen LogP contribution in [0, 0.1) is 0 Å². The third-order valence-electron chi connectivity index (χ3n) is 3.88. The molecule has 0 radical (unpaired) electrons.